The summed E-state index contributed by atoms with van der Waals surface area (Å²) in [7, 11) is 0. The van der Waals surface area contributed by atoms with Crippen LogP contribution in [0.3, 0.4) is 0 Å². The Morgan fingerprint density at radius 3 is 2.84 bits per heavy atom. The van der Waals surface area contributed by atoms with Crippen LogP contribution in [0.1, 0.15) is 11.6 Å². The lowest BCUT2D eigenvalue weighted by Crippen LogP contribution is -2.19. The van der Waals surface area contributed by atoms with Crippen LogP contribution in [0.5, 0.6) is 0 Å². The van der Waals surface area contributed by atoms with Crippen LogP contribution in [-0.2, 0) is 4.79 Å². The van der Waals surface area contributed by atoms with Crippen molar-refractivity contribution in [3.05, 3.63) is 58.3 Å². The maximum atomic E-state index is 13.1. The Bertz CT molecular complexity index is 660. The number of carbonyl (C=O) groups is 1. The van der Waals surface area contributed by atoms with E-state index in [0.717, 1.165) is 15.7 Å². The molecule has 1 atom stereocenters. The van der Waals surface area contributed by atoms with E-state index >= 15 is 0 Å². The maximum absolute atomic E-state index is 13.1. The molecule has 1 aliphatic rings. The number of carbonyl (C=O) groups excluding carboxylic acids is 1. The second kappa shape index (κ2) is 4.66. The highest BCUT2D eigenvalue weighted by molar-refractivity contribution is 9.10. The summed E-state index contributed by atoms with van der Waals surface area (Å²) in [5, 5.41) is 5.81. The van der Waals surface area contributed by atoms with Gasteiger partial charge < -0.3 is 10.6 Å². The molecule has 0 spiro atoms. The lowest BCUT2D eigenvalue weighted by molar-refractivity contribution is -0.116. The van der Waals surface area contributed by atoms with Gasteiger partial charge in [0.2, 0.25) is 0 Å². The molecule has 3 rings (SSSR count). The van der Waals surface area contributed by atoms with Gasteiger partial charge in [-0.15, -0.1) is 0 Å². The van der Waals surface area contributed by atoms with E-state index in [1.807, 2.05) is 24.3 Å². The van der Waals surface area contributed by atoms with E-state index in [1.54, 1.807) is 6.07 Å². The molecule has 1 heterocycles. The molecule has 1 aliphatic heterocycles. The number of halogens is 2. The second-order valence-electron chi connectivity index (χ2n) is 4.31. The monoisotopic (exact) mass is 320 g/mol. The quantitative estimate of drug-likeness (QED) is 0.886. The van der Waals surface area contributed by atoms with E-state index in [9.17, 15) is 9.18 Å². The van der Waals surface area contributed by atoms with Crippen molar-refractivity contribution in [3.63, 3.8) is 0 Å². The highest BCUT2D eigenvalue weighted by atomic mass is 79.9. The third-order valence-electron chi connectivity index (χ3n) is 2.98. The molecule has 0 radical (unpaired) electrons. The topological polar surface area (TPSA) is 41.1 Å². The fraction of sp³-hybridized carbons (Fsp3) is 0.0714. The van der Waals surface area contributed by atoms with Crippen LogP contribution in [0.15, 0.2) is 46.9 Å². The van der Waals surface area contributed by atoms with Crippen LogP contribution >= 0.6 is 15.9 Å². The second-order valence-corrected chi connectivity index (χ2v) is 5.22. The molecule has 0 saturated heterocycles. The Kier molecular flexibility index (Phi) is 2.98. The Morgan fingerprint density at radius 2 is 2.05 bits per heavy atom. The highest BCUT2D eigenvalue weighted by Gasteiger charge is 2.30. The number of anilines is 2. The minimum absolute atomic E-state index is 0.180. The molecule has 3 nitrogen and oxygen atoms in total. The van der Waals surface area contributed by atoms with Crippen molar-refractivity contribution in [2.24, 2.45) is 0 Å². The van der Waals surface area contributed by atoms with E-state index in [0.29, 0.717) is 5.69 Å². The van der Waals surface area contributed by atoms with Crippen molar-refractivity contribution < 1.29 is 9.18 Å². The average Bonchev–Trinajstić information content (AvgIpc) is 2.65. The molecule has 1 amide bonds. The van der Waals surface area contributed by atoms with Crippen LogP contribution < -0.4 is 10.6 Å². The molecule has 1 unspecified atom stereocenters. The zero-order valence-corrected chi connectivity index (χ0v) is 11.4. The zero-order valence-electron chi connectivity index (χ0n) is 9.78. The summed E-state index contributed by atoms with van der Waals surface area (Å²) in [6.45, 7) is 0. The van der Waals surface area contributed by atoms with Gasteiger partial charge in [-0.25, -0.2) is 4.39 Å². The normalized spacial score (nSPS) is 16.9. The number of rotatable bonds is 2. The first-order valence-corrected chi connectivity index (χ1v) is 6.55. The summed E-state index contributed by atoms with van der Waals surface area (Å²) >= 11 is 3.38. The van der Waals surface area contributed by atoms with Crippen LogP contribution in [0.4, 0.5) is 15.8 Å². The fourth-order valence-electron chi connectivity index (χ4n) is 2.12. The van der Waals surface area contributed by atoms with E-state index < -0.39 is 6.04 Å². The fourth-order valence-corrected chi connectivity index (χ4v) is 2.52. The first-order chi connectivity index (χ1) is 9.13. The van der Waals surface area contributed by atoms with Crippen molar-refractivity contribution in [2.75, 3.05) is 10.6 Å². The smallest absolute Gasteiger partial charge is 0.251 e. The summed E-state index contributed by atoms with van der Waals surface area (Å²) in [6, 6.07) is 11.4. The molecule has 19 heavy (non-hydrogen) atoms. The average molecular weight is 321 g/mol. The van der Waals surface area contributed by atoms with Crippen molar-refractivity contribution in [1.29, 1.82) is 0 Å². The van der Waals surface area contributed by atoms with Crippen LogP contribution in [0.2, 0.25) is 0 Å². The Balaban J connectivity index is 1.92. The van der Waals surface area contributed by atoms with Crippen molar-refractivity contribution in [2.45, 2.75) is 6.04 Å². The van der Waals surface area contributed by atoms with Gasteiger partial charge in [0.15, 0.2) is 0 Å². The summed E-state index contributed by atoms with van der Waals surface area (Å²) in [5.74, 6) is -0.539. The van der Waals surface area contributed by atoms with Gasteiger partial charge in [0.1, 0.15) is 11.9 Å². The van der Waals surface area contributed by atoms with E-state index in [1.165, 1.54) is 12.1 Å². The van der Waals surface area contributed by atoms with Crippen LogP contribution in [-0.4, -0.2) is 5.91 Å². The number of hydrogen-bond acceptors (Lipinski definition) is 2. The number of hydrogen-bond donors (Lipinski definition) is 2. The lowest BCUT2D eigenvalue weighted by Gasteiger charge is -2.13. The van der Waals surface area contributed by atoms with Crippen molar-refractivity contribution >= 4 is 33.2 Å². The van der Waals surface area contributed by atoms with Gasteiger partial charge in [0, 0.05) is 21.4 Å². The Morgan fingerprint density at radius 1 is 1.21 bits per heavy atom. The number of fused-ring (bicyclic) bond motifs is 1. The zero-order chi connectivity index (χ0) is 13.4. The minimum Gasteiger partial charge on any atom is -0.370 e. The molecule has 2 N–H and O–H groups in total. The number of benzene rings is 2. The number of nitrogens with one attached hydrogen (secondary N) is 2. The molecule has 2 aromatic rings. The number of amides is 1. The van der Waals surface area contributed by atoms with Gasteiger partial charge in [-0.3, -0.25) is 4.79 Å². The van der Waals surface area contributed by atoms with Crippen LogP contribution in [0, 0.1) is 5.82 Å². The standard InChI is InChI=1S/C14H10BrFN2O/c15-8-2-1-3-10(6-8)17-13-11-5-4-9(16)7-12(11)18-14(13)19/h1-7,13,17H,(H,18,19). The largest absolute Gasteiger partial charge is 0.370 e. The molecule has 0 bridgehead atoms. The van der Waals surface area contributed by atoms with Crippen molar-refractivity contribution in [3.8, 4) is 0 Å². The van der Waals surface area contributed by atoms with E-state index in [2.05, 4.69) is 26.6 Å². The Labute approximate surface area is 118 Å². The molecule has 5 heteroatoms. The van der Waals surface area contributed by atoms with Gasteiger partial charge in [-0.05, 0) is 30.3 Å². The lowest BCUT2D eigenvalue weighted by atomic mass is 10.1. The van der Waals surface area contributed by atoms with Crippen LogP contribution in [0.25, 0.3) is 0 Å². The van der Waals surface area contributed by atoms with E-state index in [-0.39, 0.29) is 11.7 Å². The maximum Gasteiger partial charge on any atom is 0.251 e. The van der Waals surface area contributed by atoms with Gasteiger partial charge in [0.25, 0.3) is 5.91 Å². The Hall–Kier alpha value is -1.88. The highest BCUT2D eigenvalue weighted by Crippen LogP contribution is 2.34. The van der Waals surface area contributed by atoms with Gasteiger partial charge in [0.05, 0.1) is 0 Å². The predicted octanol–water partition coefficient (Wildman–Crippen LogP) is 3.69. The predicted molar refractivity (Wildman–Crippen MR) is 75.5 cm³/mol. The summed E-state index contributed by atoms with van der Waals surface area (Å²) in [4.78, 5) is 11.9. The molecule has 0 aromatic heterocycles. The van der Waals surface area contributed by atoms with Crippen molar-refractivity contribution in [1.82, 2.24) is 0 Å². The summed E-state index contributed by atoms with van der Waals surface area (Å²) < 4.78 is 14.0. The third-order valence-corrected chi connectivity index (χ3v) is 3.48. The summed E-state index contributed by atoms with van der Waals surface area (Å²) in [5.41, 5.74) is 2.11. The molecular formula is C14H10BrFN2O. The molecule has 0 fully saturated rings. The molecular weight excluding hydrogens is 311 g/mol. The van der Waals surface area contributed by atoms with Gasteiger partial charge in [-0.2, -0.15) is 0 Å². The molecule has 2 aromatic carbocycles. The molecule has 0 saturated carbocycles. The van der Waals surface area contributed by atoms with E-state index in [4.69, 9.17) is 0 Å². The first-order valence-electron chi connectivity index (χ1n) is 5.76. The first kappa shape index (κ1) is 12.2. The molecule has 96 valence electrons. The van der Waals surface area contributed by atoms with Gasteiger partial charge in [-0.1, -0.05) is 28.1 Å². The third kappa shape index (κ3) is 2.33. The minimum atomic E-state index is -0.495. The molecule has 0 aliphatic carbocycles. The SMILES string of the molecule is O=C1Nc2cc(F)ccc2C1Nc1cccc(Br)c1. The summed E-state index contributed by atoms with van der Waals surface area (Å²) in [6.07, 6.45) is 0. The van der Waals surface area contributed by atoms with Gasteiger partial charge >= 0.3 is 0 Å².